The SMILES string of the molecule is Cc1ccc(-c2nc(-c3cccc(O)c3)no2)cc1N. The Kier molecular flexibility index (Phi) is 2.87. The molecule has 0 saturated heterocycles. The van der Waals surface area contributed by atoms with Crippen LogP contribution in [0.15, 0.2) is 47.0 Å². The van der Waals surface area contributed by atoms with E-state index in [-0.39, 0.29) is 5.75 Å². The summed E-state index contributed by atoms with van der Waals surface area (Å²) in [4.78, 5) is 4.32. The largest absolute Gasteiger partial charge is 0.508 e. The first kappa shape index (κ1) is 12.2. The molecule has 0 amide bonds. The van der Waals surface area contributed by atoms with Crippen LogP contribution in [0.25, 0.3) is 22.8 Å². The first-order chi connectivity index (χ1) is 9.63. The molecule has 0 aliphatic rings. The molecule has 2 aromatic carbocycles. The van der Waals surface area contributed by atoms with E-state index in [9.17, 15) is 5.11 Å². The molecule has 0 bridgehead atoms. The number of phenolic OH excluding ortho intramolecular Hbond substituents is 1. The Morgan fingerprint density at radius 3 is 2.70 bits per heavy atom. The molecule has 0 atom stereocenters. The summed E-state index contributed by atoms with van der Waals surface area (Å²) in [6.07, 6.45) is 0. The van der Waals surface area contributed by atoms with E-state index in [1.165, 1.54) is 0 Å². The van der Waals surface area contributed by atoms with Crippen LogP contribution in [0.3, 0.4) is 0 Å². The average Bonchev–Trinajstić information content (AvgIpc) is 2.92. The molecule has 3 N–H and O–H groups in total. The molecular weight excluding hydrogens is 254 g/mol. The number of aromatic hydroxyl groups is 1. The lowest BCUT2D eigenvalue weighted by Gasteiger charge is -2.00. The summed E-state index contributed by atoms with van der Waals surface area (Å²) in [5.41, 5.74) is 9.02. The highest BCUT2D eigenvalue weighted by Gasteiger charge is 2.11. The number of nitrogens with two attached hydrogens (primary N) is 1. The summed E-state index contributed by atoms with van der Waals surface area (Å²) in [5, 5.41) is 13.4. The van der Waals surface area contributed by atoms with E-state index in [0.29, 0.717) is 23.0 Å². The standard InChI is InChI=1S/C15H13N3O2/c1-9-5-6-11(8-13(9)16)15-17-14(18-20-15)10-3-2-4-12(19)7-10/h2-8,19H,16H2,1H3. The van der Waals surface area contributed by atoms with Crippen molar-refractivity contribution in [3.63, 3.8) is 0 Å². The zero-order valence-corrected chi connectivity index (χ0v) is 10.9. The van der Waals surface area contributed by atoms with Crippen molar-refractivity contribution < 1.29 is 9.63 Å². The summed E-state index contributed by atoms with van der Waals surface area (Å²) < 4.78 is 5.24. The summed E-state index contributed by atoms with van der Waals surface area (Å²) in [6.45, 7) is 1.94. The minimum absolute atomic E-state index is 0.161. The minimum Gasteiger partial charge on any atom is -0.508 e. The van der Waals surface area contributed by atoms with Crippen molar-refractivity contribution in [3.8, 4) is 28.6 Å². The van der Waals surface area contributed by atoms with Crippen LogP contribution < -0.4 is 5.73 Å². The van der Waals surface area contributed by atoms with E-state index in [1.807, 2.05) is 19.1 Å². The summed E-state index contributed by atoms with van der Waals surface area (Å²) in [5.74, 6) is 0.985. The van der Waals surface area contributed by atoms with Gasteiger partial charge in [0.1, 0.15) is 5.75 Å². The van der Waals surface area contributed by atoms with Gasteiger partial charge in [0.05, 0.1) is 0 Å². The average molecular weight is 267 g/mol. The van der Waals surface area contributed by atoms with Gasteiger partial charge < -0.3 is 15.4 Å². The highest BCUT2D eigenvalue weighted by Crippen LogP contribution is 2.26. The number of anilines is 1. The molecule has 0 unspecified atom stereocenters. The van der Waals surface area contributed by atoms with Gasteiger partial charge >= 0.3 is 0 Å². The van der Waals surface area contributed by atoms with E-state index in [1.54, 1.807) is 30.3 Å². The second-order valence-corrected chi connectivity index (χ2v) is 4.54. The van der Waals surface area contributed by atoms with Crippen molar-refractivity contribution in [2.75, 3.05) is 5.73 Å². The lowest BCUT2D eigenvalue weighted by Crippen LogP contribution is -1.90. The Bertz CT molecular complexity index is 765. The molecule has 0 spiro atoms. The molecule has 5 heteroatoms. The van der Waals surface area contributed by atoms with Gasteiger partial charge in [-0.1, -0.05) is 23.4 Å². The van der Waals surface area contributed by atoms with Crippen molar-refractivity contribution >= 4 is 5.69 Å². The third kappa shape index (κ3) is 2.21. The first-order valence-corrected chi connectivity index (χ1v) is 6.13. The topological polar surface area (TPSA) is 85.2 Å². The molecule has 1 aromatic heterocycles. The summed E-state index contributed by atoms with van der Waals surface area (Å²) in [6, 6.07) is 12.3. The quantitative estimate of drug-likeness (QED) is 0.697. The molecule has 3 aromatic rings. The molecule has 1 heterocycles. The first-order valence-electron chi connectivity index (χ1n) is 6.13. The van der Waals surface area contributed by atoms with Crippen LogP contribution in [0.5, 0.6) is 5.75 Å². The van der Waals surface area contributed by atoms with Crippen molar-refractivity contribution in [3.05, 3.63) is 48.0 Å². The highest BCUT2D eigenvalue weighted by atomic mass is 16.5. The van der Waals surface area contributed by atoms with E-state index in [2.05, 4.69) is 10.1 Å². The molecular formula is C15H13N3O2. The van der Waals surface area contributed by atoms with Crippen molar-refractivity contribution in [2.45, 2.75) is 6.92 Å². The normalized spacial score (nSPS) is 10.7. The number of aryl methyl sites for hydroxylation is 1. The number of nitrogen functional groups attached to an aromatic ring is 1. The fourth-order valence-corrected chi connectivity index (χ4v) is 1.88. The van der Waals surface area contributed by atoms with Crippen LogP contribution in [0, 0.1) is 6.92 Å². The fraction of sp³-hybridized carbons (Fsp3) is 0.0667. The smallest absolute Gasteiger partial charge is 0.258 e. The number of aromatic nitrogens is 2. The molecule has 0 fully saturated rings. The predicted molar refractivity (Wildman–Crippen MR) is 76.0 cm³/mol. The minimum atomic E-state index is 0.161. The monoisotopic (exact) mass is 267 g/mol. The Hall–Kier alpha value is -2.82. The maximum atomic E-state index is 9.46. The maximum absolute atomic E-state index is 9.46. The van der Waals surface area contributed by atoms with Gasteiger partial charge in [0, 0.05) is 16.8 Å². The van der Waals surface area contributed by atoms with Gasteiger partial charge in [0.2, 0.25) is 5.82 Å². The van der Waals surface area contributed by atoms with Gasteiger partial charge in [-0.15, -0.1) is 0 Å². The van der Waals surface area contributed by atoms with Crippen molar-refractivity contribution in [2.24, 2.45) is 0 Å². The second-order valence-electron chi connectivity index (χ2n) is 4.54. The summed E-state index contributed by atoms with van der Waals surface area (Å²) >= 11 is 0. The second kappa shape index (κ2) is 4.70. The Labute approximate surface area is 115 Å². The molecule has 0 aliphatic heterocycles. The lowest BCUT2D eigenvalue weighted by molar-refractivity contribution is 0.432. The molecule has 0 aliphatic carbocycles. The van der Waals surface area contributed by atoms with Crippen LogP contribution in [0.4, 0.5) is 5.69 Å². The Balaban J connectivity index is 1.99. The number of hydrogen-bond acceptors (Lipinski definition) is 5. The maximum Gasteiger partial charge on any atom is 0.258 e. The van der Waals surface area contributed by atoms with Crippen LogP contribution in [0.2, 0.25) is 0 Å². The van der Waals surface area contributed by atoms with Gasteiger partial charge in [-0.25, -0.2) is 0 Å². The molecule has 20 heavy (non-hydrogen) atoms. The fourth-order valence-electron chi connectivity index (χ4n) is 1.88. The third-order valence-corrected chi connectivity index (χ3v) is 3.06. The zero-order chi connectivity index (χ0) is 14.1. The van der Waals surface area contributed by atoms with Crippen LogP contribution in [0.1, 0.15) is 5.56 Å². The number of rotatable bonds is 2. The molecule has 100 valence electrons. The number of benzene rings is 2. The number of phenols is 1. The summed E-state index contributed by atoms with van der Waals surface area (Å²) in [7, 11) is 0. The third-order valence-electron chi connectivity index (χ3n) is 3.06. The van der Waals surface area contributed by atoms with Crippen LogP contribution in [-0.4, -0.2) is 15.2 Å². The molecule has 3 rings (SSSR count). The molecule has 0 radical (unpaired) electrons. The van der Waals surface area contributed by atoms with E-state index in [4.69, 9.17) is 10.3 Å². The van der Waals surface area contributed by atoms with Crippen LogP contribution >= 0.6 is 0 Å². The predicted octanol–water partition coefficient (Wildman–Crippen LogP) is 3.00. The molecule has 0 saturated carbocycles. The van der Waals surface area contributed by atoms with Crippen LogP contribution in [-0.2, 0) is 0 Å². The number of nitrogens with zero attached hydrogens (tertiary/aromatic N) is 2. The van der Waals surface area contributed by atoms with Crippen molar-refractivity contribution in [1.29, 1.82) is 0 Å². The van der Waals surface area contributed by atoms with Crippen molar-refractivity contribution in [1.82, 2.24) is 10.1 Å². The van der Waals surface area contributed by atoms with Gasteiger partial charge in [0.15, 0.2) is 0 Å². The van der Waals surface area contributed by atoms with E-state index < -0.39 is 0 Å². The number of hydrogen-bond donors (Lipinski definition) is 2. The molecule has 5 nitrogen and oxygen atoms in total. The Morgan fingerprint density at radius 1 is 1.10 bits per heavy atom. The zero-order valence-electron chi connectivity index (χ0n) is 10.9. The van der Waals surface area contributed by atoms with E-state index in [0.717, 1.165) is 11.1 Å². The van der Waals surface area contributed by atoms with E-state index >= 15 is 0 Å². The lowest BCUT2D eigenvalue weighted by atomic mass is 10.1. The van der Waals surface area contributed by atoms with Gasteiger partial charge in [-0.3, -0.25) is 0 Å². The van der Waals surface area contributed by atoms with Gasteiger partial charge in [-0.2, -0.15) is 4.98 Å². The van der Waals surface area contributed by atoms with Gasteiger partial charge in [-0.05, 0) is 36.8 Å². The highest BCUT2D eigenvalue weighted by molar-refractivity contribution is 5.65. The Morgan fingerprint density at radius 2 is 1.95 bits per heavy atom. The van der Waals surface area contributed by atoms with Gasteiger partial charge in [0.25, 0.3) is 5.89 Å².